The van der Waals surface area contributed by atoms with Crippen LogP contribution < -0.4 is 4.90 Å². The van der Waals surface area contributed by atoms with E-state index in [9.17, 15) is 10.1 Å². The van der Waals surface area contributed by atoms with Crippen molar-refractivity contribution in [2.75, 3.05) is 51.5 Å². The number of likely N-dealkylation sites (N-methyl/N-ethyl adjacent to an activating group) is 1. The van der Waals surface area contributed by atoms with Gasteiger partial charge in [0.15, 0.2) is 5.82 Å². The van der Waals surface area contributed by atoms with Gasteiger partial charge in [0.2, 0.25) is 5.91 Å². The Morgan fingerprint density at radius 3 is 2.40 bits per heavy atom. The highest BCUT2D eigenvalue weighted by molar-refractivity contribution is 6.76. The number of nitriles is 1. The Labute approximate surface area is 299 Å². The third kappa shape index (κ3) is 7.95. The van der Waals surface area contributed by atoms with E-state index in [2.05, 4.69) is 66.4 Å². The number of imidazole rings is 1. The van der Waals surface area contributed by atoms with E-state index in [4.69, 9.17) is 24.3 Å². The molecular weight excluding hydrogens is 663 g/mol. The zero-order chi connectivity index (χ0) is 36.0. The van der Waals surface area contributed by atoms with E-state index in [0.717, 1.165) is 48.6 Å². The fourth-order valence-corrected chi connectivity index (χ4v) is 8.84. The van der Waals surface area contributed by atoms with Crippen molar-refractivity contribution in [3.63, 3.8) is 0 Å². The van der Waals surface area contributed by atoms with Crippen LogP contribution in [0.4, 0.5) is 5.69 Å². The molecule has 50 heavy (non-hydrogen) atoms. The molecule has 11 nitrogen and oxygen atoms in total. The van der Waals surface area contributed by atoms with Crippen LogP contribution >= 0.6 is 0 Å². The van der Waals surface area contributed by atoms with Gasteiger partial charge < -0.3 is 19.1 Å². The Balaban J connectivity index is 1.40. The topological polar surface area (TPSA) is 111 Å². The van der Waals surface area contributed by atoms with E-state index in [1.54, 1.807) is 11.9 Å². The molecule has 3 heterocycles. The third-order valence-electron chi connectivity index (χ3n) is 11.0. The molecule has 1 aliphatic heterocycles. The second kappa shape index (κ2) is 14.3. The Morgan fingerprint density at radius 2 is 1.76 bits per heavy atom. The van der Waals surface area contributed by atoms with Gasteiger partial charge in [-0.2, -0.15) is 10.4 Å². The van der Waals surface area contributed by atoms with Crippen LogP contribution in [0.5, 0.6) is 0 Å². The Hall–Kier alpha value is -2.87. The van der Waals surface area contributed by atoms with E-state index >= 15 is 0 Å². The first kappa shape index (κ1) is 36.9. The standard InChI is InChI=1S/C37H57N7O4Si2/c1-26(42-10-12-46-13-11-42)36(45)41(3)31-20-32-30(18-27(31)23-38)39-35(43(32)24-47-14-16-49(4,5)6)34-29-19-28-21-37(28,2)22-33(29)44(40-34)25-48-15-17-50(7,8)9/h18,20,26,28H,10-17,19,21-22,24-25H2,1-9H3/t26-,28+,37+/m0/s1. The van der Waals surface area contributed by atoms with Crippen molar-refractivity contribution >= 4 is 38.8 Å². The second-order valence-corrected chi connectivity index (χ2v) is 28.7. The molecule has 0 spiro atoms. The maximum absolute atomic E-state index is 13.8. The van der Waals surface area contributed by atoms with Crippen molar-refractivity contribution < 1.29 is 19.0 Å². The summed E-state index contributed by atoms with van der Waals surface area (Å²) in [6.07, 6.45) is 3.19. The van der Waals surface area contributed by atoms with Gasteiger partial charge in [-0.25, -0.2) is 9.67 Å². The molecule has 13 heteroatoms. The van der Waals surface area contributed by atoms with Crippen LogP contribution in [-0.4, -0.2) is 98.9 Å². The molecule has 1 aromatic carbocycles. The molecule has 2 aliphatic carbocycles. The van der Waals surface area contributed by atoms with Crippen molar-refractivity contribution in [2.45, 2.75) is 104 Å². The molecule has 272 valence electrons. The first-order chi connectivity index (χ1) is 23.6. The fourth-order valence-electron chi connectivity index (χ4n) is 7.32. The molecule has 1 saturated carbocycles. The zero-order valence-corrected chi connectivity index (χ0v) is 33.8. The zero-order valence-electron chi connectivity index (χ0n) is 31.8. The Bertz CT molecular complexity index is 1760. The van der Waals surface area contributed by atoms with E-state index < -0.39 is 16.1 Å². The number of hydrogen-bond donors (Lipinski definition) is 0. The minimum absolute atomic E-state index is 0.0603. The number of fused-ring (bicyclic) bond motifs is 3. The lowest BCUT2D eigenvalue weighted by Gasteiger charge is -2.33. The predicted molar refractivity (Wildman–Crippen MR) is 203 cm³/mol. The van der Waals surface area contributed by atoms with Crippen LogP contribution in [0.15, 0.2) is 12.1 Å². The number of carbonyl (C=O) groups is 1. The molecule has 0 radical (unpaired) electrons. The lowest BCUT2D eigenvalue weighted by Crippen LogP contribution is -2.50. The number of anilines is 1. The van der Waals surface area contributed by atoms with Crippen LogP contribution in [-0.2, 0) is 45.3 Å². The highest BCUT2D eigenvalue weighted by atomic mass is 28.3. The molecule has 2 fully saturated rings. The number of hydrogen-bond acceptors (Lipinski definition) is 8. The summed E-state index contributed by atoms with van der Waals surface area (Å²) in [5.41, 5.74) is 6.20. The molecule has 0 unspecified atom stereocenters. The number of carbonyl (C=O) groups excluding carboxylic acids is 1. The van der Waals surface area contributed by atoms with Gasteiger partial charge in [0.05, 0.1) is 41.5 Å². The average Bonchev–Trinajstić information content (AvgIpc) is 3.44. The number of benzene rings is 1. The van der Waals surface area contributed by atoms with Crippen LogP contribution in [0.2, 0.25) is 51.4 Å². The summed E-state index contributed by atoms with van der Waals surface area (Å²) < 4.78 is 22.3. The van der Waals surface area contributed by atoms with Crippen LogP contribution in [0, 0.1) is 22.7 Å². The summed E-state index contributed by atoms with van der Waals surface area (Å²) in [7, 11) is -0.764. The molecular formula is C37H57N7O4Si2. The van der Waals surface area contributed by atoms with Crippen molar-refractivity contribution in [2.24, 2.45) is 11.3 Å². The quantitative estimate of drug-likeness (QED) is 0.143. The summed E-state index contributed by atoms with van der Waals surface area (Å²) in [5, 5.41) is 15.5. The largest absolute Gasteiger partial charge is 0.379 e. The number of rotatable bonds is 14. The molecule has 1 saturated heterocycles. The Morgan fingerprint density at radius 1 is 1.10 bits per heavy atom. The summed E-state index contributed by atoms with van der Waals surface area (Å²) >= 11 is 0. The number of morpholine rings is 1. The summed E-state index contributed by atoms with van der Waals surface area (Å²) in [5.74, 6) is 1.33. The number of nitrogens with zero attached hydrogens (tertiary/aromatic N) is 7. The molecule has 3 aromatic rings. The monoisotopic (exact) mass is 719 g/mol. The molecule has 2 aromatic heterocycles. The maximum atomic E-state index is 13.8. The lowest BCUT2D eigenvalue weighted by atomic mass is 9.87. The van der Waals surface area contributed by atoms with Gasteiger partial charge in [-0.15, -0.1) is 0 Å². The van der Waals surface area contributed by atoms with Crippen LogP contribution in [0.1, 0.15) is 37.1 Å². The van der Waals surface area contributed by atoms with Crippen molar-refractivity contribution in [3.05, 3.63) is 29.0 Å². The van der Waals surface area contributed by atoms with Crippen molar-refractivity contribution in [3.8, 4) is 17.6 Å². The van der Waals surface area contributed by atoms with Gasteiger partial charge >= 0.3 is 0 Å². The highest BCUT2D eigenvalue weighted by Crippen LogP contribution is 2.60. The van der Waals surface area contributed by atoms with Gasteiger partial charge in [-0.1, -0.05) is 46.2 Å². The number of ether oxygens (including phenoxy) is 3. The molecule has 3 atom stereocenters. The maximum Gasteiger partial charge on any atom is 0.243 e. The van der Waals surface area contributed by atoms with Gasteiger partial charge in [0, 0.05) is 60.8 Å². The minimum atomic E-state index is -1.31. The number of aromatic nitrogens is 4. The Kier molecular flexibility index (Phi) is 10.5. The van der Waals surface area contributed by atoms with Gasteiger partial charge in [-0.05, 0) is 61.7 Å². The third-order valence-corrected chi connectivity index (χ3v) is 14.4. The lowest BCUT2D eigenvalue weighted by molar-refractivity contribution is -0.124. The fraction of sp³-hybridized carbons (Fsp3) is 0.676. The normalized spacial score (nSPS) is 21.5. The summed E-state index contributed by atoms with van der Waals surface area (Å²) in [6, 6.07) is 7.93. The smallest absolute Gasteiger partial charge is 0.243 e. The van der Waals surface area contributed by atoms with Gasteiger partial charge in [-0.3, -0.25) is 14.3 Å². The molecule has 1 amide bonds. The predicted octanol–water partition coefficient (Wildman–Crippen LogP) is 6.20. The van der Waals surface area contributed by atoms with Gasteiger partial charge in [0.1, 0.15) is 25.2 Å². The van der Waals surface area contributed by atoms with E-state index in [1.807, 2.05) is 19.1 Å². The first-order valence-corrected chi connectivity index (χ1v) is 25.8. The molecule has 0 bridgehead atoms. The minimum Gasteiger partial charge on any atom is -0.379 e. The SMILES string of the molecule is C[C@@H](C(=O)N(C)c1cc2c(cc1C#N)nc(-c1nn(COCC[Si](C)(C)C)c3c1C[C@@H]1C[C@]1(C)C3)n2COCC[Si](C)(C)C)N1CCOCC1. The summed E-state index contributed by atoms with van der Waals surface area (Å²) in [4.78, 5) is 22.8. The summed E-state index contributed by atoms with van der Waals surface area (Å²) in [6.45, 7) is 23.3. The average molecular weight is 720 g/mol. The highest BCUT2D eigenvalue weighted by Gasteiger charge is 2.54. The van der Waals surface area contributed by atoms with Gasteiger partial charge in [0.25, 0.3) is 0 Å². The second-order valence-electron chi connectivity index (χ2n) is 17.5. The van der Waals surface area contributed by atoms with Crippen molar-refractivity contribution in [1.82, 2.24) is 24.2 Å². The van der Waals surface area contributed by atoms with Crippen LogP contribution in [0.3, 0.4) is 0 Å². The number of amides is 1. The molecule has 3 aliphatic rings. The van der Waals surface area contributed by atoms with Crippen LogP contribution in [0.25, 0.3) is 22.6 Å². The van der Waals surface area contributed by atoms with E-state index in [1.165, 1.54) is 17.7 Å². The molecule has 6 rings (SSSR count). The first-order valence-electron chi connectivity index (χ1n) is 18.4. The van der Waals surface area contributed by atoms with Crippen molar-refractivity contribution in [1.29, 1.82) is 5.26 Å². The van der Waals surface area contributed by atoms with E-state index in [0.29, 0.717) is 74.5 Å². The molecule has 0 N–H and O–H groups in total. The van der Waals surface area contributed by atoms with E-state index in [-0.39, 0.29) is 11.9 Å².